The molecule has 1 aliphatic heterocycles. The molecule has 3 aromatic rings. The molecule has 4 nitrogen and oxygen atoms in total. The highest BCUT2D eigenvalue weighted by atomic mass is 16.5. The summed E-state index contributed by atoms with van der Waals surface area (Å²) in [6.45, 7) is 1.90. The highest BCUT2D eigenvalue weighted by Gasteiger charge is 2.35. The van der Waals surface area contributed by atoms with Gasteiger partial charge in [-0.05, 0) is 40.1 Å². The molecule has 146 valence electrons. The normalized spacial score (nSPS) is 16.1. The van der Waals surface area contributed by atoms with Gasteiger partial charge in [-0.2, -0.15) is 0 Å². The van der Waals surface area contributed by atoms with Crippen LogP contribution in [0.4, 0.5) is 0 Å². The Morgan fingerprint density at radius 1 is 0.857 bits per heavy atom. The molecule has 0 N–H and O–H groups in total. The van der Waals surface area contributed by atoms with Gasteiger partial charge >= 0.3 is 0 Å². The summed E-state index contributed by atoms with van der Waals surface area (Å²) in [6.07, 6.45) is 1.67. The molecule has 4 rings (SSSR count). The lowest BCUT2D eigenvalue weighted by atomic mass is 9.86. The van der Waals surface area contributed by atoms with E-state index in [0.29, 0.717) is 19.8 Å². The molecular weight excluding hydrogens is 352 g/mol. The minimum absolute atomic E-state index is 0.317. The Bertz CT molecular complexity index is 944. The van der Waals surface area contributed by atoms with Crippen LogP contribution in [0, 0.1) is 0 Å². The molecule has 1 fully saturated rings. The molecule has 1 heterocycles. The Morgan fingerprint density at radius 2 is 1.64 bits per heavy atom. The van der Waals surface area contributed by atoms with Gasteiger partial charge < -0.3 is 18.9 Å². The fourth-order valence-corrected chi connectivity index (χ4v) is 3.87. The van der Waals surface area contributed by atoms with Crippen LogP contribution in [-0.4, -0.2) is 27.4 Å². The monoisotopic (exact) mass is 378 g/mol. The molecule has 1 saturated heterocycles. The van der Waals surface area contributed by atoms with Crippen LogP contribution in [0.3, 0.4) is 0 Å². The zero-order valence-corrected chi connectivity index (χ0v) is 16.4. The number of rotatable bonds is 6. The van der Waals surface area contributed by atoms with E-state index >= 15 is 0 Å². The van der Waals surface area contributed by atoms with E-state index in [1.54, 1.807) is 14.2 Å². The van der Waals surface area contributed by atoms with Gasteiger partial charge in [0.2, 0.25) is 0 Å². The second-order valence-electron chi connectivity index (χ2n) is 7.15. The Kier molecular flexibility index (Phi) is 5.51. The first-order valence-corrected chi connectivity index (χ1v) is 9.66. The third kappa shape index (κ3) is 3.71. The smallest absolute Gasteiger partial charge is 0.161 e. The molecular formula is C24H26O4. The third-order valence-corrected chi connectivity index (χ3v) is 5.59. The van der Waals surface area contributed by atoms with Gasteiger partial charge in [0, 0.05) is 33.2 Å². The predicted octanol–water partition coefficient (Wildman–Crippen LogP) is 5.08. The van der Waals surface area contributed by atoms with Crippen molar-refractivity contribution in [2.75, 3.05) is 27.4 Å². The summed E-state index contributed by atoms with van der Waals surface area (Å²) >= 11 is 0. The molecule has 0 aliphatic carbocycles. The minimum Gasteiger partial charge on any atom is -0.493 e. The van der Waals surface area contributed by atoms with Crippen molar-refractivity contribution in [3.8, 4) is 11.5 Å². The topological polar surface area (TPSA) is 36.9 Å². The van der Waals surface area contributed by atoms with Gasteiger partial charge in [-0.25, -0.2) is 0 Å². The van der Waals surface area contributed by atoms with E-state index in [9.17, 15) is 0 Å². The maximum Gasteiger partial charge on any atom is 0.161 e. The summed E-state index contributed by atoms with van der Waals surface area (Å²) in [5.41, 5.74) is 1.92. The molecule has 0 amide bonds. The van der Waals surface area contributed by atoms with Crippen LogP contribution in [0.25, 0.3) is 10.8 Å². The fourth-order valence-electron chi connectivity index (χ4n) is 3.87. The second kappa shape index (κ2) is 8.21. The van der Waals surface area contributed by atoms with Crippen LogP contribution in [0.1, 0.15) is 24.0 Å². The minimum atomic E-state index is -0.317. The summed E-state index contributed by atoms with van der Waals surface area (Å²) in [6, 6.07) is 20.8. The first-order chi connectivity index (χ1) is 13.7. The maximum absolute atomic E-state index is 6.08. The molecule has 0 unspecified atom stereocenters. The predicted molar refractivity (Wildman–Crippen MR) is 110 cm³/mol. The summed E-state index contributed by atoms with van der Waals surface area (Å²) in [5.74, 6) is 1.46. The Morgan fingerprint density at radius 3 is 2.39 bits per heavy atom. The quantitative estimate of drug-likeness (QED) is 0.599. The average molecular weight is 378 g/mol. The van der Waals surface area contributed by atoms with Crippen molar-refractivity contribution in [1.29, 1.82) is 0 Å². The lowest BCUT2D eigenvalue weighted by Crippen LogP contribution is -2.35. The standard InChI is InChI=1S/C24H26O4/c1-25-23-16-21(24(26-2)11-13-27-14-12-24)9-10-22(23)28-17-18-7-8-19-5-3-4-6-20(19)15-18/h3-10,15-16H,11-14,17H2,1-2H3. The van der Waals surface area contributed by atoms with Crippen LogP contribution in [-0.2, 0) is 21.7 Å². The lowest BCUT2D eigenvalue weighted by Gasteiger charge is -2.36. The van der Waals surface area contributed by atoms with Crippen LogP contribution in [0.2, 0.25) is 0 Å². The highest BCUT2D eigenvalue weighted by Crippen LogP contribution is 2.39. The molecule has 28 heavy (non-hydrogen) atoms. The van der Waals surface area contributed by atoms with E-state index in [1.165, 1.54) is 10.8 Å². The first-order valence-electron chi connectivity index (χ1n) is 9.66. The van der Waals surface area contributed by atoms with Crippen LogP contribution < -0.4 is 9.47 Å². The molecule has 3 aromatic carbocycles. The maximum atomic E-state index is 6.08. The van der Waals surface area contributed by atoms with Gasteiger partial charge in [-0.15, -0.1) is 0 Å². The van der Waals surface area contributed by atoms with E-state index in [0.717, 1.165) is 35.5 Å². The molecule has 0 saturated carbocycles. The number of benzene rings is 3. The van der Waals surface area contributed by atoms with E-state index in [-0.39, 0.29) is 5.60 Å². The number of fused-ring (bicyclic) bond motifs is 1. The number of hydrogen-bond acceptors (Lipinski definition) is 4. The lowest BCUT2D eigenvalue weighted by molar-refractivity contribution is -0.0948. The van der Waals surface area contributed by atoms with Crippen molar-refractivity contribution in [3.63, 3.8) is 0 Å². The van der Waals surface area contributed by atoms with E-state index in [4.69, 9.17) is 18.9 Å². The third-order valence-electron chi connectivity index (χ3n) is 5.59. The number of methoxy groups -OCH3 is 2. The van der Waals surface area contributed by atoms with Crippen molar-refractivity contribution in [2.24, 2.45) is 0 Å². The molecule has 1 aliphatic rings. The summed E-state index contributed by atoms with van der Waals surface area (Å²) in [5, 5.41) is 2.45. The molecule has 0 bridgehead atoms. The Hall–Kier alpha value is -2.56. The number of hydrogen-bond donors (Lipinski definition) is 0. The van der Waals surface area contributed by atoms with Crippen LogP contribution in [0.5, 0.6) is 11.5 Å². The van der Waals surface area contributed by atoms with E-state index in [2.05, 4.69) is 48.5 Å². The van der Waals surface area contributed by atoms with Gasteiger partial charge in [0.15, 0.2) is 11.5 Å². The van der Waals surface area contributed by atoms with E-state index in [1.807, 2.05) is 12.1 Å². The van der Waals surface area contributed by atoms with Crippen molar-refractivity contribution < 1.29 is 18.9 Å². The summed E-state index contributed by atoms with van der Waals surface area (Å²) < 4.78 is 23.1. The SMILES string of the molecule is COc1cc(C2(OC)CCOCC2)ccc1OCc1ccc2ccccc2c1. The first kappa shape index (κ1) is 18.8. The van der Waals surface area contributed by atoms with Gasteiger partial charge in [0.05, 0.1) is 12.7 Å². The Labute approximate surface area is 166 Å². The van der Waals surface area contributed by atoms with Crippen molar-refractivity contribution in [3.05, 3.63) is 71.8 Å². The molecule has 0 radical (unpaired) electrons. The van der Waals surface area contributed by atoms with Crippen molar-refractivity contribution in [2.45, 2.75) is 25.0 Å². The van der Waals surface area contributed by atoms with E-state index < -0.39 is 0 Å². The highest BCUT2D eigenvalue weighted by molar-refractivity contribution is 5.82. The largest absolute Gasteiger partial charge is 0.493 e. The van der Waals surface area contributed by atoms with Gasteiger partial charge in [-0.1, -0.05) is 42.5 Å². The van der Waals surface area contributed by atoms with Crippen LogP contribution in [0.15, 0.2) is 60.7 Å². The van der Waals surface area contributed by atoms with Crippen molar-refractivity contribution >= 4 is 10.8 Å². The summed E-state index contributed by atoms with van der Waals surface area (Å²) in [7, 11) is 3.44. The fraction of sp³-hybridized carbons (Fsp3) is 0.333. The summed E-state index contributed by atoms with van der Waals surface area (Å²) in [4.78, 5) is 0. The Balaban J connectivity index is 1.54. The van der Waals surface area contributed by atoms with Crippen molar-refractivity contribution in [1.82, 2.24) is 0 Å². The van der Waals surface area contributed by atoms with Gasteiger partial charge in [0.25, 0.3) is 0 Å². The zero-order valence-electron chi connectivity index (χ0n) is 16.4. The molecule has 0 spiro atoms. The molecule has 0 atom stereocenters. The molecule has 4 heteroatoms. The van der Waals surface area contributed by atoms with Gasteiger partial charge in [-0.3, -0.25) is 0 Å². The van der Waals surface area contributed by atoms with Gasteiger partial charge in [0.1, 0.15) is 6.61 Å². The zero-order chi connectivity index (χ0) is 19.4. The number of ether oxygens (including phenoxy) is 4. The molecule has 0 aromatic heterocycles. The average Bonchev–Trinajstić information content (AvgIpc) is 2.77. The second-order valence-corrected chi connectivity index (χ2v) is 7.15. The van der Waals surface area contributed by atoms with Crippen LogP contribution >= 0.6 is 0 Å².